The minimum Gasteiger partial charge on any atom is -0.323 e. The van der Waals surface area contributed by atoms with Crippen LogP contribution in [0.1, 0.15) is 16.0 Å². The molecule has 0 unspecified atom stereocenters. The second-order valence-electron chi connectivity index (χ2n) is 6.34. The van der Waals surface area contributed by atoms with Crippen molar-refractivity contribution >= 4 is 44.7 Å². The standard InChI is InChI=1S/C21H20N2O3S2/c1-15-12-16(2)14-18(13-15)23-28(25,26)20-8-5-17(6-9-20)22-21(24)10-7-19-4-3-11-27-19/h3-14,23H,1-2H3,(H,22,24)/b10-7+. The van der Waals surface area contributed by atoms with Crippen LogP contribution < -0.4 is 10.0 Å². The van der Waals surface area contributed by atoms with E-state index in [9.17, 15) is 13.2 Å². The number of aryl methyl sites for hydroxylation is 2. The number of sulfonamides is 1. The highest BCUT2D eigenvalue weighted by atomic mass is 32.2. The molecule has 7 heteroatoms. The molecule has 0 atom stereocenters. The van der Waals surface area contributed by atoms with Crippen LogP contribution in [-0.2, 0) is 14.8 Å². The third kappa shape index (κ3) is 5.31. The highest BCUT2D eigenvalue weighted by Gasteiger charge is 2.14. The van der Waals surface area contributed by atoms with E-state index in [1.165, 1.54) is 29.5 Å². The maximum atomic E-state index is 12.6. The fraction of sp³-hybridized carbons (Fsp3) is 0.0952. The summed E-state index contributed by atoms with van der Waals surface area (Å²) in [4.78, 5) is 13.1. The van der Waals surface area contributed by atoms with Gasteiger partial charge in [-0.1, -0.05) is 12.1 Å². The summed E-state index contributed by atoms with van der Waals surface area (Å²) in [5.74, 6) is -0.280. The van der Waals surface area contributed by atoms with E-state index < -0.39 is 10.0 Å². The van der Waals surface area contributed by atoms with Crippen molar-refractivity contribution in [1.29, 1.82) is 0 Å². The minimum absolute atomic E-state index is 0.124. The van der Waals surface area contributed by atoms with Crippen LogP contribution in [0.2, 0.25) is 0 Å². The summed E-state index contributed by atoms with van der Waals surface area (Å²) >= 11 is 1.54. The average molecular weight is 413 g/mol. The quantitative estimate of drug-likeness (QED) is 0.570. The zero-order chi connectivity index (χ0) is 20.1. The van der Waals surface area contributed by atoms with Gasteiger partial charge in [-0.3, -0.25) is 9.52 Å². The van der Waals surface area contributed by atoms with Crippen molar-refractivity contribution in [2.24, 2.45) is 0 Å². The van der Waals surface area contributed by atoms with Gasteiger partial charge >= 0.3 is 0 Å². The predicted octanol–water partition coefficient (Wildman–Crippen LogP) is 4.82. The maximum absolute atomic E-state index is 12.6. The molecule has 3 aromatic rings. The number of anilines is 2. The minimum atomic E-state index is -3.71. The van der Waals surface area contributed by atoms with Crippen LogP contribution in [0.15, 0.2) is 70.9 Å². The van der Waals surface area contributed by atoms with Gasteiger partial charge in [0.05, 0.1) is 4.90 Å². The van der Waals surface area contributed by atoms with Crippen LogP contribution in [-0.4, -0.2) is 14.3 Å². The molecule has 0 spiro atoms. The zero-order valence-corrected chi connectivity index (χ0v) is 17.1. The Morgan fingerprint density at radius 3 is 2.25 bits per heavy atom. The smallest absolute Gasteiger partial charge is 0.261 e. The van der Waals surface area contributed by atoms with E-state index in [1.807, 2.05) is 37.4 Å². The van der Waals surface area contributed by atoms with Crippen LogP contribution in [0, 0.1) is 13.8 Å². The molecule has 0 aliphatic rings. The number of nitrogens with one attached hydrogen (secondary N) is 2. The number of carbonyl (C=O) groups is 1. The Labute approximate surface area is 168 Å². The van der Waals surface area contributed by atoms with Crippen molar-refractivity contribution in [3.05, 3.63) is 82.1 Å². The van der Waals surface area contributed by atoms with E-state index in [0.29, 0.717) is 11.4 Å². The first-order valence-corrected chi connectivity index (χ1v) is 10.9. The first-order chi connectivity index (χ1) is 13.3. The monoisotopic (exact) mass is 412 g/mol. The van der Waals surface area contributed by atoms with Gasteiger partial charge in [-0.25, -0.2) is 8.42 Å². The Balaban J connectivity index is 1.68. The third-order valence-corrected chi connectivity index (χ3v) is 6.08. The average Bonchev–Trinajstić information content (AvgIpc) is 3.13. The SMILES string of the molecule is Cc1cc(C)cc(NS(=O)(=O)c2ccc(NC(=O)/C=C/c3cccs3)cc2)c1. The Kier molecular flexibility index (Phi) is 5.96. The normalized spacial score (nSPS) is 11.5. The van der Waals surface area contributed by atoms with Gasteiger partial charge in [-0.05, 0) is 78.9 Å². The molecule has 2 aromatic carbocycles. The molecule has 0 bridgehead atoms. The fourth-order valence-electron chi connectivity index (χ4n) is 2.69. The highest BCUT2D eigenvalue weighted by molar-refractivity contribution is 7.92. The second kappa shape index (κ2) is 8.41. The summed E-state index contributed by atoms with van der Waals surface area (Å²) in [5, 5.41) is 4.64. The first kappa shape index (κ1) is 19.9. The first-order valence-electron chi connectivity index (χ1n) is 8.55. The number of carbonyl (C=O) groups excluding carboxylic acids is 1. The summed E-state index contributed by atoms with van der Waals surface area (Å²) in [7, 11) is -3.71. The predicted molar refractivity (Wildman–Crippen MR) is 115 cm³/mol. The lowest BCUT2D eigenvalue weighted by Gasteiger charge is -2.10. The lowest BCUT2D eigenvalue weighted by molar-refractivity contribution is -0.111. The van der Waals surface area contributed by atoms with E-state index in [4.69, 9.17) is 0 Å². The van der Waals surface area contributed by atoms with E-state index in [2.05, 4.69) is 10.0 Å². The van der Waals surface area contributed by atoms with Crippen molar-refractivity contribution in [2.45, 2.75) is 18.7 Å². The summed E-state index contributed by atoms with van der Waals surface area (Å²) in [5.41, 5.74) is 3.00. The van der Waals surface area contributed by atoms with Gasteiger partial charge in [0, 0.05) is 22.3 Å². The maximum Gasteiger partial charge on any atom is 0.261 e. The summed E-state index contributed by atoms with van der Waals surface area (Å²) in [6.45, 7) is 3.82. The van der Waals surface area contributed by atoms with Crippen molar-refractivity contribution in [2.75, 3.05) is 10.0 Å². The molecule has 0 aliphatic heterocycles. The third-order valence-electron chi connectivity index (χ3n) is 3.85. The summed E-state index contributed by atoms with van der Waals surface area (Å²) in [6.07, 6.45) is 3.17. The Morgan fingerprint density at radius 1 is 0.964 bits per heavy atom. The van der Waals surface area contributed by atoms with Gasteiger partial charge in [0.2, 0.25) is 5.91 Å². The molecule has 3 rings (SSSR count). The number of rotatable bonds is 6. The topological polar surface area (TPSA) is 75.3 Å². The molecule has 0 fully saturated rings. The Bertz CT molecular complexity index is 1080. The van der Waals surface area contributed by atoms with E-state index in [0.717, 1.165) is 16.0 Å². The lowest BCUT2D eigenvalue weighted by Crippen LogP contribution is -2.13. The molecule has 1 aromatic heterocycles. The summed E-state index contributed by atoms with van der Waals surface area (Å²) < 4.78 is 27.8. The van der Waals surface area contributed by atoms with Crippen LogP contribution in [0.4, 0.5) is 11.4 Å². The number of thiophene rings is 1. The summed E-state index contributed by atoms with van der Waals surface area (Å²) in [6, 6.07) is 15.4. The molecule has 0 radical (unpaired) electrons. The zero-order valence-electron chi connectivity index (χ0n) is 15.5. The van der Waals surface area contributed by atoms with Gasteiger partial charge in [0.1, 0.15) is 0 Å². The van der Waals surface area contributed by atoms with Crippen LogP contribution in [0.25, 0.3) is 6.08 Å². The molecule has 1 heterocycles. The molecule has 1 amide bonds. The van der Waals surface area contributed by atoms with Crippen molar-refractivity contribution < 1.29 is 13.2 Å². The largest absolute Gasteiger partial charge is 0.323 e. The molecule has 144 valence electrons. The highest BCUT2D eigenvalue weighted by Crippen LogP contribution is 2.20. The van der Waals surface area contributed by atoms with Crippen molar-refractivity contribution in [1.82, 2.24) is 0 Å². The molecule has 0 saturated carbocycles. The Morgan fingerprint density at radius 2 is 1.64 bits per heavy atom. The number of hydrogen-bond donors (Lipinski definition) is 2. The fourth-order valence-corrected chi connectivity index (χ4v) is 4.35. The number of amides is 1. The van der Waals surface area contributed by atoms with Crippen LogP contribution in [0.3, 0.4) is 0 Å². The van der Waals surface area contributed by atoms with Gasteiger partial charge in [0.15, 0.2) is 0 Å². The van der Waals surface area contributed by atoms with Crippen LogP contribution in [0.5, 0.6) is 0 Å². The number of benzene rings is 2. The van der Waals surface area contributed by atoms with Gasteiger partial charge in [-0.15, -0.1) is 11.3 Å². The molecule has 2 N–H and O–H groups in total. The molecule has 0 aliphatic carbocycles. The molecule has 28 heavy (non-hydrogen) atoms. The van der Waals surface area contributed by atoms with Crippen molar-refractivity contribution in [3.8, 4) is 0 Å². The van der Waals surface area contributed by atoms with Crippen LogP contribution >= 0.6 is 11.3 Å². The van der Waals surface area contributed by atoms with Gasteiger partial charge < -0.3 is 5.32 Å². The number of hydrogen-bond acceptors (Lipinski definition) is 4. The molecular weight excluding hydrogens is 392 g/mol. The van der Waals surface area contributed by atoms with E-state index in [1.54, 1.807) is 30.3 Å². The lowest BCUT2D eigenvalue weighted by atomic mass is 10.1. The van der Waals surface area contributed by atoms with E-state index in [-0.39, 0.29) is 10.8 Å². The Hall–Kier alpha value is -2.90. The second-order valence-corrected chi connectivity index (χ2v) is 9.01. The molecule has 5 nitrogen and oxygen atoms in total. The van der Waals surface area contributed by atoms with Gasteiger partial charge in [-0.2, -0.15) is 0 Å². The van der Waals surface area contributed by atoms with Crippen molar-refractivity contribution in [3.63, 3.8) is 0 Å². The molecular formula is C21H20N2O3S2. The molecule has 0 saturated heterocycles. The van der Waals surface area contributed by atoms with E-state index >= 15 is 0 Å². The van der Waals surface area contributed by atoms with Gasteiger partial charge in [0.25, 0.3) is 10.0 Å².